The van der Waals surface area contributed by atoms with Crippen molar-refractivity contribution in [3.63, 3.8) is 0 Å². The molecule has 0 radical (unpaired) electrons. The SMILES string of the molecule is C[C@H](C#N)Nc1cc(-n2ncc3cc(C#N)cnc32)ncc1-c1ncn(C2CCC(CCO[Si](c3ccccc3)(c3ccccc3)C(C)(C)C)CC2)n1. The molecule has 1 saturated carbocycles. The van der Waals surface area contributed by atoms with Crippen LogP contribution in [0.3, 0.4) is 0 Å². The monoisotopic (exact) mass is 720 g/mol. The van der Waals surface area contributed by atoms with Crippen molar-refractivity contribution in [1.82, 2.24) is 34.5 Å². The molecule has 1 atom stereocenters. The lowest BCUT2D eigenvalue weighted by Gasteiger charge is -2.43. The average molecular weight is 721 g/mol. The first-order valence-electron chi connectivity index (χ1n) is 18.3. The molecule has 6 aromatic rings. The maximum absolute atomic E-state index is 9.61. The van der Waals surface area contributed by atoms with Gasteiger partial charge >= 0.3 is 0 Å². The minimum Gasteiger partial charge on any atom is -0.407 e. The third kappa shape index (κ3) is 7.21. The van der Waals surface area contributed by atoms with E-state index in [1.807, 2.05) is 17.1 Å². The van der Waals surface area contributed by atoms with Gasteiger partial charge in [-0.15, -0.1) is 0 Å². The van der Waals surface area contributed by atoms with E-state index in [0.29, 0.717) is 40.0 Å². The Kier molecular flexibility index (Phi) is 10.2. The second-order valence-corrected chi connectivity index (χ2v) is 19.2. The molecule has 0 bridgehead atoms. The number of pyridine rings is 2. The van der Waals surface area contributed by atoms with Crippen molar-refractivity contribution in [3.05, 3.63) is 103 Å². The number of hydrogen-bond acceptors (Lipinski definition) is 9. The maximum atomic E-state index is 9.61. The minimum atomic E-state index is -2.55. The van der Waals surface area contributed by atoms with Crippen molar-refractivity contribution >= 4 is 35.4 Å². The molecule has 1 aliphatic carbocycles. The standard InChI is InChI=1S/C41H44N10OSi/c1-29(23-42)48-37-22-38(51-40-32(26-47-51)21-31(24-43)25-45-40)44-27-36(37)39-46-28-50(49-39)33-17-15-30(16-18-33)19-20-52-53(41(2,3)4,34-11-7-5-8-12-34)35-13-9-6-10-14-35/h5-14,21-22,25-30,33H,15-20H2,1-4H3,(H,44,48)/t29-,30?,33?/m1/s1. The number of rotatable bonds is 11. The van der Waals surface area contributed by atoms with Crippen LogP contribution in [0.5, 0.6) is 0 Å². The van der Waals surface area contributed by atoms with Crippen LogP contribution in [0.2, 0.25) is 5.04 Å². The van der Waals surface area contributed by atoms with Crippen LogP contribution in [0.25, 0.3) is 28.2 Å². The zero-order valence-corrected chi connectivity index (χ0v) is 31.6. The summed E-state index contributed by atoms with van der Waals surface area (Å²) in [5, 5.41) is 34.9. The molecule has 0 aliphatic heterocycles. The Bertz CT molecular complexity index is 2220. The molecule has 11 nitrogen and oxygen atoms in total. The molecule has 0 saturated heterocycles. The molecule has 268 valence electrons. The smallest absolute Gasteiger partial charge is 0.261 e. The van der Waals surface area contributed by atoms with Gasteiger partial charge in [0.15, 0.2) is 17.3 Å². The van der Waals surface area contributed by atoms with E-state index >= 15 is 0 Å². The van der Waals surface area contributed by atoms with E-state index in [2.05, 4.69) is 114 Å². The number of nitriles is 2. The lowest BCUT2D eigenvalue weighted by Crippen LogP contribution is -2.66. The Morgan fingerprint density at radius 3 is 2.25 bits per heavy atom. The van der Waals surface area contributed by atoms with Gasteiger partial charge in [0.1, 0.15) is 18.4 Å². The van der Waals surface area contributed by atoms with Gasteiger partial charge in [-0.25, -0.2) is 19.6 Å². The average Bonchev–Trinajstić information content (AvgIpc) is 3.85. The highest BCUT2D eigenvalue weighted by molar-refractivity contribution is 6.99. The van der Waals surface area contributed by atoms with Crippen LogP contribution in [0.4, 0.5) is 5.69 Å². The predicted octanol–water partition coefficient (Wildman–Crippen LogP) is 6.97. The largest absolute Gasteiger partial charge is 0.407 e. The highest BCUT2D eigenvalue weighted by atomic mass is 28.4. The Balaban J connectivity index is 1.04. The van der Waals surface area contributed by atoms with Crippen LogP contribution in [-0.2, 0) is 4.43 Å². The Morgan fingerprint density at radius 1 is 0.906 bits per heavy atom. The van der Waals surface area contributed by atoms with Crippen molar-refractivity contribution in [3.8, 4) is 29.3 Å². The van der Waals surface area contributed by atoms with Gasteiger partial charge < -0.3 is 9.74 Å². The fourth-order valence-electron chi connectivity index (χ4n) is 7.69. The first-order chi connectivity index (χ1) is 25.7. The van der Waals surface area contributed by atoms with E-state index in [1.165, 1.54) is 16.6 Å². The summed E-state index contributed by atoms with van der Waals surface area (Å²) >= 11 is 0. The second kappa shape index (κ2) is 15.1. The number of nitrogens with zero attached hydrogens (tertiary/aromatic N) is 9. The van der Waals surface area contributed by atoms with E-state index in [0.717, 1.165) is 44.1 Å². The van der Waals surface area contributed by atoms with Crippen LogP contribution in [0.15, 0.2) is 97.7 Å². The highest BCUT2D eigenvalue weighted by Crippen LogP contribution is 2.39. The van der Waals surface area contributed by atoms with E-state index in [9.17, 15) is 10.5 Å². The van der Waals surface area contributed by atoms with Gasteiger partial charge in [0.25, 0.3) is 8.32 Å². The summed E-state index contributed by atoms with van der Waals surface area (Å²) in [6.07, 6.45) is 12.0. The molecular formula is C41H44N10OSi. The first-order valence-corrected chi connectivity index (χ1v) is 20.2. The van der Waals surface area contributed by atoms with Crippen LogP contribution in [0.1, 0.15) is 71.4 Å². The van der Waals surface area contributed by atoms with Gasteiger partial charge in [-0.3, -0.25) is 0 Å². The van der Waals surface area contributed by atoms with E-state index in [4.69, 9.17) is 14.5 Å². The molecule has 4 aromatic heterocycles. The first kappa shape index (κ1) is 35.7. The third-order valence-corrected chi connectivity index (χ3v) is 15.5. The van der Waals surface area contributed by atoms with Gasteiger partial charge in [-0.2, -0.15) is 25.4 Å². The van der Waals surface area contributed by atoms with Crippen molar-refractivity contribution in [2.75, 3.05) is 11.9 Å². The van der Waals surface area contributed by atoms with E-state index in [1.54, 1.807) is 30.1 Å². The lowest BCUT2D eigenvalue weighted by molar-refractivity contribution is 0.206. The molecule has 12 heteroatoms. The number of nitrogens with one attached hydrogen (secondary N) is 1. The quantitative estimate of drug-likeness (QED) is 0.140. The molecule has 1 aliphatic rings. The summed E-state index contributed by atoms with van der Waals surface area (Å²) in [6.45, 7) is 9.52. The summed E-state index contributed by atoms with van der Waals surface area (Å²) in [4.78, 5) is 13.8. The van der Waals surface area contributed by atoms with Crippen molar-refractivity contribution in [2.24, 2.45) is 5.92 Å². The van der Waals surface area contributed by atoms with Crippen LogP contribution in [-0.4, -0.2) is 55.5 Å². The third-order valence-electron chi connectivity index (χ3n) is 10.4. The molecule has 7 rings (SSSR count). The fraction of sp³-hybridized carbons (Fsp3) is 0.341. The Hall–Kier alpha value is -5.69. The predicted molar refractivity (Wildman–Crippen MR) is 208 cm³/mol. The topological polar surface area (TPSA) is 143 Å². The van der Waals surface area contributed by atoms with Crippen LogP contribution in [0, 0.1) is 28.6 Å². The van der Waals surface area contributed by atoms with Gasteiger partial charge in [0, 0.05) is 30.5 Å². The van der Waals surface area contributed by atoms with E-state index < -0.39 is 14.4 Å². The van der Waals surface area contributed by atoms with Crippen molar-refractivity contribution in [2.45, 2.75) is 76.9 Å². The fourth-order valence-corrected chi connectivity index (χ4v) is 12.3. The molecule has 1 fully saturated rings. The summed E-state index contributed by atoms with van der Waals surface area (Å²) in [5.74, 6) is 1.65. The van der Waals surface area contributed by atoms with E-state index in [-0.39, 0.29) is 11.1 Å². The molecule has 0 spiro atoms. The summed E-state index contributed by atoms with van der Waals surface area (Å²) in [7, 11) is -2.55. The number of benzene rings is 2. The normalized spacial score (nSPS) is 16.9. The summed E-state index contributed by atoms with van der Waals surface area (Å²) in [6, 6.07) is 29.4. The highest BCUT2D eigenvalue weighted by Gasteiger charge is 2.50. The number of fused-ring (bicyclic) bond motifs is 1. The van der Waals surface area contributed by atoms with Crippen molar-refractivity contribution < 1.29 is 4.43 Å². The number of hydrogen-bond donors (Lipinski definition) is 1. The molecule has 1 N–H and O–H groups in total. The number of aromatic nitrogens is 7. The number of anilines is 1. The van der Waals surface area contributed by atoms with Gasteiger partial charge in [0.2, 0.25) is 0 Å². The minimum absolute atomic E-state index is 0.0378. The zero-order valence-electron chi connectivity index (χ0n) is 30.6. The zero-order chi connectivity index (χ0) is 37.0. The Labute approximate surface area is 311 Å². The summed E-state index contributed by atoms with van der Waals surface area (Å²) < 4.78 is 10.8. The van der Waals surface area contributed by atoms with Gasteiger partial charge in [0.05, 0.1) is 35.1 Å². The van der Waals surface area contributed by atoms with Gasteiger partial charge in [-0.1, -0.05) is 81.4 Å². The van der Waals surface area contributed by atoms with Crippen LogP contribution < -0.4 is 15.7 Å². The maximum Gasteiger partial charge on any atom is 0.261 e. The molecular weight excluding hydrogens is 677 g/mol. The molecule has 0 unspecified atom stereocenters. The molecule has 53 heavy (non-hydrogen) atoms. The van der Waals surface area contributed by atoms with Gasteiger partial charge in [-0.05, 0) is 66.4 Å². The molecule has 0 amide bonds. The van der Waals surface area contributed by atoms with Crippen molar-refractivity contribution in [1.29, 1.82) is 10.5 Å². The summed E-state index contributed by atoms with van der Waals surface area (Å²) in [5.41, 5.74) is 2.40. The Morgan fingerprint density at radius 2 is 1.60 bits per heavy atom. The molecule has 2 aromatic carbocycles. The molecule has 4 heterocycles. The van der Waals surface area contributed by atoms with Crippen LogP contribution >= 0.6 is 0 Å². The lowest BCUT2D eigenvalue weighted by atomic mass is 9.84. The second-order valence-electron chi connectivity index (χ2n) is 14.9.